The van der Waals surface area contributed by atoms with Crippen LogP contribution in [0.4, 0.5) is 5.69 Å². The van der Waals surface area contributed by atoms with Crippen LogP contribution in [0.15, 0.2) is 36.4 Å². The second kappa shape index (κ2) is 6.51. The Labute approximate surface area is 141 Å². The molecule has 1 fully saturated rings. The highest BCUT2D eigenvalue weighted by molar-refractivity contribution is 6.40. The van der Waals surface area contributed by atoms with E-state index in [1.807, 2.05) is 0 Å². The number of rotatable bonds is 1. The summed E-state index contributed by atoms with van der Waals surface area (Å²) in [5.41, 5.74) is 0.528. The number of anilines is 1. The van der Waals surface area contributed by atoms with E-state index in [0.717, 1.165) is 6.42 Å². The molecule has 0 saturated carbocycles. The largest absolute Gasteiger partial charge is 0.507 e. The van der Waals surface area contributed by atoms with Crippen LogP contribution >= 0.6 is 0 Å². The predicted molar refractivity (Wildman–Crippen MR) is 93.8 cm³/mol. The first kappa shape index (κ1) is 16.3. The van der Waals surface area contributed by atoms with E-state index < -0.39 is 11.8 Å². The van der Waals surface area contributed by atoms with E-state index in [2.05, 4.69) is 19.2 Å². The molecule has 126 valence electrons. The molecule has 2 atom stereocenters. The Balaban J connectivity index is 1.80. The number of nitrogens with one attached hydrogen (secondary N) is 1. The number of nitrogens with zero attached hydrogens (tertiary/aromatic N) is 1. The molecule has 2 aromatic rings. The standard InChI is InChI=1S/C19H22N2O3/c1-12-9-13(2)11-21(10-12)19(24)18(23)20-16-7-3-6-15-14(16)5-4-8-17(15)22/h3-8,12-13,22H,9-11H2,1-2H3,(H,20,23). The molecule has 5 nitrogen and oxygen atoms in total. The number of fused-ring (bicyclic) bond motifs is 1. The summed E-state index contributed by atoms with van der Waals surface area (Å²) in [4.78, 5) is 26.5. The summed E-state index contributed by atoms with van der Waals surface area (Å²) in [7, 11) is 0. The van der Waals surface area contributed by atoms with Gasteiger partial charge in [-0.1, -0.05) is 38.1 Å². The summed E-state index contributed by atoms with van der Waals surface area (Å²) in [6.07, 6.45) is 1.08. The van der Waals surface area contributed by atoms with Crippen molar-refractivity contribution in [3.63, 3.8) is 0 Å². The molecule has 0 spiro atoms. The Morgan fingerprint density at radius 2 is 1.67 bits per heavy atom. The highest BCUT2D eigenvalue weighted by atomic mass is 16.3. The lowest BCUT2D eigenvalue weighted by atomic mass is 9.92. The second-order valence-corrected chi connectivity index (χ2v) is 6.79. The van der Waals surface area contributed by atoms with Gasteiger partial charge in [-0.25, -0.2) is 0 Å². The topological polar surface area (TPSA) is 69.6 Å². The van der Waals surface area contributed by atoms with E-state index >= 15 is 0 Å². The molecule has 0 radical (unpaired) electrons. The minimum Gasteiger partial charge on any atom is -0.507 e. The molecule has 2 amide bonds. The molecule has 1 aliphatic rings. The van der Waals surface area contributed by atoms with E-state index in [0.29, 0.717) is 41.4 Å². The number of carbonyl (C=O) groups is 2. The van der Waals surface area contributed by atoms with E-state index in [1.54, 1.807) is 41.3 Å². The number of piperidine rings is 1. The number of hydrogen-bond donors (Lipinski definition) is 2. The van der Waals surface area contributed by atoms with Gasteiger partial charge in [-0.15, -0.1) is 0 Å². The van der Waals surface area contributed by atoms with Crippen LogP contribution in [-0.4, -0.2) is 34.9 Å². The number of phenols is 1. The van der Waals surface area contributed by atoms with Crippen LogP contribution in [0.3, 0.4) is 0 Å². The summed E-state index contributed by atoms with van der Waals surface area (Å²) < 4.78 is 0. The maximum atomic E-state index is 12.5. The van der Waals surface area contributed by atoms with Gasteiger partial charge in [-0.3, -0.25) is 9.59 Å². The minimum atomic E-state index is -0.632. The molecule has 2 N–H and O–H groups in total. The van der Waals surface area contributed by atoms with Crippen LogP contribution in [0.5, 0.6) is 5.75 Å². The number of likely N-dealkylation sites (tertiary alicyclic amines) is 1. The average molecular weight is 326 g/mol. The smallest absolute Gasteiger partial charge is 0.313 e. The third-order valence-electron chi connectivity index (χ3n) is 4.50. The van der Waals surface area contributed by atoms with Gasteiger partial charge in [0.15, 0.2) is 0 Å². The van der Waals surface area contributed by atoms with E-state index in [4.69, 9.17) is 0 Å². The second-order valence-electron chi connectivity index (χ2n) is 6.79. The first-order valence-corrected chi connectivity index (χ1v) is 8.26. The number of aromatic hydroxyl groups is 1. The monoisotopic (exact) mass is 326 g/mol. The Morgan fingerprint density at radius 1 is 1.04 bits per heavy atom. The number of carbonyl (C=O) groups excluding carboxylic acids is 2. The van der Waals surface area contributed by atoms with Gasteiger partial charge in [0.1, 0.15) is 5.75 Å². The van der Waals surface area contributed by atoms with Crippen LogP contribution in [0, 0.1) is 11.8 Å². The molecule has 24 heavy (non-hydrogen) atoms. The maximum absolute atomic E-state index is 12.5. The van der Waals surface area contributed by atoms with Gasteiger partial charge in [-0.05, 0) is 30.4 Å². The lowest BCUT2D eigenvalue weighted by molar-refractivity contribution is -0.144. The van der Waals surface area contributed by atoms with Gasteiger partial charge in [0.05, 0.1) is 0 Å². The Kier molecular flexibility index (Phi) is 4.42. The zero-order valence-electron chi connectivity index (χ0n) is 14.0. The van der Waals surface area contributed by atoms with Crippen molar-refractivity contribution in [1.29, 1.82) is 0 Å². The molecule has 0 aliphatic carbocycles. The van der Waals surface area contributed by atoms with Gasteiger partial charge in [0.2, 0.25) is 0 Å². The lowest BCUT2D eigenvalue weighted by Gasteiger charge is -2.34. The zero-order chi connectivity index (χ0) is 17.3. The first-order chi connectivity index (χ1) is 11.5. The molecule has 2 aromatic carbocycles. The van der Waals surface area contributed by atoms with Crippen molar-refractivity contribution in [2.45, 2.75) is 20.3 Å². The van der Waals surface area contributed by atoms with Crippen molar-refractivity contribution < 1.29 is 14.7 Å². The normalized spacial score (nSPS) is 20.8. The molecule has 1 heterocycles. The van der Waals surface area contributed by atoms with Gasteiger partial charge in [0.25, 0.3) is 0 Å². The van der Waals surface area contributed by atoms with Crippen molar-refractivity contribution in [1.82, 2.24) is 4.90 Å². The van der Waals surface area contributed by atoms with Gasteiger partial charge in [-0.2, -0.15) is 0 Å². The van der Waals surface area contributed by atoms with E-state index in [-0.39, 0.29) is 5.75 Å². The van der Waals surface area contributed by atoms with Crippen LogP contribution in [0.2, 0.25) is 0 Å². The highest BCUT2D eigenvalue weighted by Crippen LogP contribution is 2.30. The van der Waals surface area contributed by atoms with Crippen molar-refractivity contribution in [3.8, 4) is 5.75 Å². The van der Waals surface area contributed by atoms with Gasteiger partial charge >= 0.3 is 11.8 Å². The Morgan fingerprint density at radius 3 is 2.38 bits per heavy atom. The SMILES string of the molecule is CC1CC(C)CN(C(=O)C(=O)Nc2cccc3c(O)cccc23)C1. The summed E-state index contributed by atoms with van der Waals surface area (Å²) in [5, 5.41) is 14.0. The highest BCUT2D eigenvalue weighted by Gasteiger charge is 2.29. The third kappa shape index (κ3) is 3.20. The average Bonchev–Trinajstić information content (AvgIpc) is 2.54. The maximum Gasteiger partial charge on any atom is 0.313 e. The van der Waals surface area contributed by atoms with Crippen LogP contribution in [0.25, 0.3) is 10.8 Å². The van der Waals surface area contributed by atoms with E-state index in [1.165, 1.54) is 0 Å². The summed E-state index contributed by atoms with van der Waals surface area (Å²) >= 11 is 0. The fourth-order valence-electron chi connectivity index (χ4n) is 3.55. The Hall–Kier alpha value is -2.56. The van der Waals surface area contributed by atoms with Gasteiger partial charge < -0.3 is 15.3 Å². The molecule has 3 rings (SSSR count). The molecule has 1 aliphatic heterocycles. The fourth-order valence-corrected chi connectivity index (χ4v) is 3.55. The fraction of sp³-hybridized carbons (Fsp3) is 0.368. The summed E-state index contributed by atoms with van der Waals surface area (Å²) in [6.45, 7) is 5.43. The third-order valence-corrected chi connectivity index (χ3v) is 4.50. The molecule has 2 unspecified atom stereocenters. The first-order valence-electron chi connectivity index (χ1n) is 8.26. The molecule has 1 saturated heterocycles. The van der Waals surface area contributed by atoms with Crippen LogP contribution in [0.1, 0.15) is 20.3 Å². The zero-order valence-corrected chi connectivity index (χ0v) is 14.0. The van der Waals surface area contributed by atoms with Crippen LogP contribution < -0.4 is 5.32 Å². The predicted octanol–water partition coefficient (Wildman–Crippen LogP) is 2.99. The Bertz CT molecular complexity index is 777. The van der Waals surface area contributed by atoms with Gasteiger partial charge in [0, 0.05) is 29.5 Å². The lowest BCUT2D eigenvalue weighted by Crippen LogP contribution is -2.47. The van der Waals surface area contributed by atoms with Crippen molar-refractivity contribution in [3.05, 3.63) is 36.4 Å². The van der Waals surface area contributed by atoms with Crippen molar-refractivity contribution >= 4 is 28.3 Å². The summed E-state index contributed by atoms with van der Waals surface area (Å²) in [6, 6.07) is 10.4. The minimum absolute atomic E-state index is 0.147. The summed E-state index contributed by atoms with van der Waals surface area (Å²) in [5.74, 6) is -0.175. The molecule has 5 heteroatoms. The number of hydrogen-bond acceptors (Lipinski definition) is 3. The number of phenolic OH excluding ortho intramolecular Hbond substituents is 1. The molecule has 0 aromatic heterocycles. The molecular weight excluding hydrogens is 304 g/mol. The molecular formula is C19H22N2O3. The quantitative estimate of drug-likeness (QED) is 0.792. The van der Waals surface area contributed by atoms with Crippen molar-refractivity contribution in [2.24, 2.45) is 11.8 Å². The molecule has 0 bridgehead atoms. The van der Waals surface area contributed by atoms with Crippen LogP contribution in [-0.2, 0) is 9.59 Å². The van der Waals surface area contributed by atoms with Crippen molar-refractivity contribution in [2.75, 3.05) is 18.4 Å². The van der Waals surface area contributed by atoms with E-state index in [9.17, 15) is 14.7 Å². The number of benzene rings is 2. The number of amides is 2.